The third-order valence-corrected chi connectivity index (χ3v) is 7.62. The summed E-state index contributed by atoms with van der Waals surface area (Å²) in [6.07, 6.45) is 7.49. The predicted octanol–water partition coefficient (Wildman–Crippen LogP) is 2.26. The highest BCUT2D eigenvalue weighted by Gasteiger charge is 2.46. The van der Waals surface area contributed by atoms with Crippen molar-refractivity contribution in [1.82, 2.24) is 4.90 Å². The zero-order chi connectivity index (χ0) is 19.2. The van der Waals surface area contributed by atoms with E-state index in [0.29, 0.717) is 38.0 Å². The zero-order valence-corrected chi connectivity index (χ0v) is 16.7. The Morgan fingerprint density at radius 2 is 1.81 bits per heavy atom. The standard InChI is InChI=1S/C20H28N2O4S/c1-27(25,26)22-14-20(9-3-2-4-10-20)17-13-15(5-6-18(17)22)19(24)21-11-7-16(23)8-12-21/h5-6,13,16,23H,2-4,7-12,14H2,1H3. The molecule has 0 unspecified atom stereocenters. The number of hydrogen-bond acceptors (Lipinski definition) is 4. The number of sulfonamides is 1. The van der Waals surface area contributed by atoms with Crippen LogP contribution in [0, 0.1) is 0 Å². The molecule has 1 amide bonds. The molecule has 4 rings (SSSR count). The summed E-state index contributed by atoms with van der Waals surface area (Å²) in [6, 6.07) is 5.51. The van der Waals surface area contributed by atoms with Gasteiger partial charge in [-0.15, -0.1) is 0 Å². The maximum absolute atomic E-state index is 13.0. The molecular weight excluding hydrogens is 364 g/mol. The van der Waals surface area contributed by atoms with E-state index in [0.717, 1.165) is 36.9 Å². The predicted molar refractivity (Wildman–Crippen MR) is 105 cm³/mol. The van der Waals surface area contributed by atoms with E-state index >= 15 is 0 Å². The molecule has 0 bridgehead atoms. The Kier molecular flexibility index (Phi) is 4.71. The topological polar surface area (TPSA) is 77.9 Å². The van der Waals surface area contributed by atoms with E-state index in [2.05, 4.69) is 0 Å². The van der Waals surface area contributed by atoms with Crippen molar-refractivity contribution in [3.63, 3.8) is 0 Å². The molecular formula is C20H28N2O4S. The lowest BCUT2D eigenvalue weighted by molar-refractivity contribution is 0.0546. The molecule has 1 saturated heterocycles. The number of nitrogens with zero attached hydrogens (tertiary/aromatic N) is 2. The third-order valence-electron chi connectivity index (χ3n) is 6.49. The van der Waals surface area contributed by atoms with Gasteiger partial charge in [-0.05, 0) is 49.4 Å². The number of aliphatic hydroxyl groups excluding tert-OH is 1. The molecule has 7 heteroatoms. The number of hydrogen-bond donors (Lipinski definition) is 1. The van der Waals surface area contributed by atoms with Crippen LogP contribution in [0.25, 0.3) is 0 Å². The summed E-state index contributed by atoms with van der Waals surface area (Å²) < 4.78 is 26.2. The van der Waals surface area contributed by atoms with Gasteiger partial charge in [-0.2, -0.15) is 0 Å². The van der Waals surface area contributed by atoms with Crippen LogP contribution in [0.2, 0.25) is 0 Å². The molecule has 1 aliphatic carbocycles. The van der Waals surface area contributed by atoms with E-state index in [1.165, 1.54) is 17.0 Å². The SMILES string of the molecule is CS(=O)(=O)N1CC2(CCCCC2)c2cc(C(=O)N3CCC(O)CC3)ccc21. The van der Waals surface area contributed by atoms with E-state index < -0.39 is 10.0 Å². The Bertz CT molecular complexity index is 838. The quantitative estimate of drug-likeness (QED) is 0.837. The van der Waals surface area contributed by atoms with Crippen LogP contribution in [-0.2, 0) is 15.4 Å². The smallest absolute Gasteiger partial charge is 0.253 e. The summed E-state index contributed by atoms with van der Waals surface area (Å²) >= 11 is 0. The molecule has 0 aromatic heterocycles. The Morgan fingerprint density at radius 1 is 1.15 bits per heavy atom. The molecule has 1 aromatic carbocycles. The second kappa shape index (κ2) is 6.78. The fourth-order valence-electron chi connectivity index (χ4n) is 4.96. The number of likely N-dealkylation sites (tertiary alicyclic amines) is 1. The molecule has 1 aromatic rings. The molecule has 3 aliphatic rings. The first kappa shape index (κ1) is 18.7. The van der Waals surface area contributed by atoms with Crippen LogP contribution >= 0.6 is 0 Å². The van der Waals surface area contributed by atoms with Gasteiger partial charge in [0.2, 0.25) is 10.0 Å². The Morgan fingerprint density at radius 3 is 2.44 bits per heavy atom. The Hall–Kier alpha value is -1.60. The number of amides is 1. The van der Waals surface area contributed by atoms with E-state index in [-0.39, 0.29) is 17.4 Å². The lowest BCUT2D eigenvalue weighted by atomic mass is 9.70. The monoisotopic (exact) mass is 392 g/mol. The summed E-state index contributed by atoms with van der Waals surface area (Å²) in [5, 5.41) is 9.68. The molecule has 2 aliphatic heterocycles. The van der Waals surface area contributed by atoms with Gasteiger partial charge >= 0.3 is 0 Å². The third kappa shape index (κ3) is 3.36. The van der Waals surface area contributed by atoms with Crippen molar-refractivity contribution in [3.05, 3.63) is 29.3 Å². The van der Waals surface area contributed by atoms with Crippen LogP contribution in [-0.4, -0.2) is 56.3 Å². The minimum Gasteiger partial charge on any atom is -0.393 e. The van der Waals surface area contributed by atoms with Gasteiger partial charge in [0.1, 0.15) is 0 Å². The lowest BCUT2D eigenvalue weighted by Gasteiger charge is -2.34. The second-order valence-electron chi connectivity index (χ2n) is 8.37. The van der Waals surface area contributed by atoms with Crippen molar-refractivity contribution in [2.24, 2.45) is 0 Å². The van der Waals surface area contributed by atoms with Gasteiger partial charge < -0.3 is 10.0 Å². The van der Waals surface area contributed by atoms with Crippen LogP contribution in [0.15, 0.2) is 18.2 Å². The van der Waals surface area contributed by atoms with Crippen LogP contribution < -0.4 is 4.31 Å². The average molecular weight is 393 g/mol. The Labute approximate surface area is 161 Å². The van der Waals surface area contributed by atoms with Crippen LogP contribution in [0.1, 0.15) is 60.9 Å². The molecule has 0 radical (unpaired) electrons. The van der Waals surface area contributed by atoms with Gasteiger partial charge in [-0.25, -0.2) is 8.42 Å². The van der Waals surface area contributed by atoms with Gasteiger partial charge in [0.15, 0.2) is 0 Å². The molecule has 1 spiro atoms. The summed E-state index contributed by atoms with van der Waals surface area (Å²) in [5.41, 5.74) is 2.23. The van der Waals surface area contributed by atoms with Crippen LogP contribution in [0.3, 0.4) is 0 Å². The first-order valence-corrected chi connectivity index (χ1v) is 11.7. The second-order valence-corrected chi connectivity index (χ2v) is 10.3. The van der Waals surface area contributed by atoms with Crippen molar-refractivity contribution in [1.29, 1.82) is 0 Å². The van der Waals surface area contributed by atoms with E-state index in [4.69, 9.17) is 0 Å². The van der Waals surface area contributed by atoms with E-state index in [1.54, 1.807) is 11.0 Å². The van der Waals surface area contributed by atoms with Gasteiger partial charge in [0, 0.05) is 30.6 Å². The molecule has 27 heavy (non-hydrogen) atoms. The fourth-order valence-corrected chi connectivity index (χ4v) is 5.96. The number of rotatable bonds is 2. The maximum atomic E-state index is 13.0. The average Bonchev–Trinajstić information content (AvgIpc) is 2.96. The maximum Gasteiger partial charge on any atom is 0.253 e. The summed E-state index contributed by atoms with van der Waals surface area (Å²) in [6.45, 7) is 1.63. The highest BCUT2D eigenvalue weighted by atomic mass is 32.2. The first-order valence-electron chi connectivity index (χ1n) is 9.90. The lowest BCUT2D eigenvalue weighted by Crippen LogP contribution is -2.40. The summed E-state index contributed by atoms with van der Waals surface area (Å²) in [7, 11) is -3.34. The largest absolute Gasteiger partial charge is 0.393 e. The number of piperidine rings is 1. The van der Waals surface area contributed by atoms with Crippen molar-refractivity contribution < 1.29 is 18.3 Å². The molecule has 6 nitrogen and oxygen atoms in total. The minimum atomic E-state index is -3.34. The number of carbonyl (C=O) groups excluding carboxylic acids is 1. The molecule has 1 N–H and O–H groups in total. The van der Waals surface area contributed by atoms with Crippen molar-refractivity contribution in [2.45, 2.75) is 56.5 Å². The van der Waals surface area contributed by atoms with Crippen LogP contribution in [0.5, 0.6) is 0 Å². The number of benzene rings is 1. The number of carbonyl (C=O) groups is 1. The first-order chi connectivity index (χ1) is 12.8. The number of aliphatic hydroxyl groups is 1. The summed E-state index contributed by atoms with van der Waals surface area (Å²) in [5.74, 6) is -0.0199. The molecule has 148 valence electrons. The molecule has 2 heterocycles. The van der Waals surface area contributed by atoms with Crippen LogP contribution in [0.4, 0.5) is 5.69 Å². The van der Waals surface area contributed by atoms with Gasteiger partial charge in [-0.3, -0.25) is 9.10 Å². The van der Waals surface area contributed by atoms with E-state index in [9.17, 15) is 18.3 Å². The molecule has 1 saturated carbocycles. The van der Waals surface area contributed by atoms with E-state index in [1.807, 2.05) is 12.1 Å². The van der Waals surface area contributed by atoms with Gasteiger partial charge in [-0.1, -0.05) is 19.3 Å². The highest BCUT2D eigenvalue weighted by Crippen LogP contribution is 2.50. The van der Waals surface area contributed by atoms with Crippen molar-refractivity contribution >= 4 is 21.6 Å². The molecule has 2 fully saturated rings. The Balaban J connectivity index is 1.70. The summed E-state index contributed by atoms with van der Waals surface area (Å²) in [4.78, 5) is 14.8. The fraction of sp³-hybridized carbons (Fsp3) is 0.650. The normalized spacial score (nSPS) is 22.9. The minimum absolute atomic E-state index is 0.0199. The van der Waals surface area contributed by atoms with Gasteiger partial charge in [0.05, 0.1) is 18.0 Å². The van der Waals surface area contributed by atoms with Gasteiger partial charge in [0.25, 0.3) is 5.91 Å². The van der Waals surface area contributed by atoms with Crippen molar-refractivity contribution in [2.75, 3.05) is 30.2 Å². The number of anilines is 1. The number of fused-ring (bicyclic) bond motifs is 2. The zero-order valence-electron chi connectivity index (χ0n) is 15.9. The highest BCUT2D eigenvalue weighted by molar-refractivity contribution is 7.92. The van der Waals surface area contributed by atoms with Crippen molar-refractivity contribution in [3.8, 4) is 0 Å². The molecule has 0 atom stereocenters.